The van der Waals surface area contributed by atoms with E-state index in [2.05, 4.69) is 20.2 Å². The maximum atomic E-state index is 12.8. The first-order valence-electron chi connectivity index (χ1n) is 9.25. The molecule has 0 radical (unpaired) electrons. The number of benzene rings is 1. The standard InChI is InChI=1S/C19H27N5O2S/c1-4-20-18-13-19(22-16(3)21-18)23-8-10-24(11-9-23)27(25,26)14-17-7-5-6-15(2)12-17/h5-7,12-13H,4,8-11,14H2,1-3H3,(H,20,21,22). The molecule has 8 heteroatoms. The number of piperazine rings is 1. The second kappa shape index (κ2) is 8.22. The van der Waals surface area contributed by atoms with E-state index in [0.717, 1.165) is 29.3 Å². The molecule has 1 aliphatic rings. The molecule has 0 saturated carbocycles. The molecule has 0 spiro atoms. The number of aromatic nitrogens is 2. The van der Waals surface area contributed by atoms with Gasteiger partial charge in [0.1, 0.15) is 17.5 Å². The van der Waals surface area contributed by atoms with Crippen molar-refractivity contribution in [3.05, 3.63) is 47.3 Å². The number of anilines is 2. The molecule has 0 amide bonds. The average molecular weight is 390 g/mol. The number of sulfonamides is 1. The van der Waals surface area contributed by atoms with Gasteiger partial charge in [0.25, 0.3) is 0 Å². The van der Waals surface area contributed by atoms with Crippen molar-refractivity contribution in [1.29, 1.82) is 0 Å². The fourth-order valence-corrected chi connectivity index (χ4v) is 4.79. The highest BCUT2D eigenvalue weighted by Crippen LogP contribution is 2.20. The van der Waals surface area contributed by atoms with Gasteiger partial charge < -0.3 is 10.2 Å². The van der Waals surface area contributed by atoms with Crippen LogP contribution in [0.3, 0.4) is 0 Å². The van der Waals surface area contributed by atoms with Crippen LogP contribution in [0.5, 0.6) is 0 Å². The summed E-state index contributed by atoms with van der Waals surface area (Å²) in [4.78, 5) is 11.0. The van der Waals surface area contributed by atoms with Gasteiger partial charge in [-0.3, -0.25) is 0 Å². The van der Waals surface area contributed by atoms with Crippen LogP contribution in [0.4, 0.5) is 11.6 Å². The maximum absolute atomic E-state index is 12.8. The lowest BCUT2D eigenvalue weighted by atomic mass is 10.2. The number of rotatable bonds is 6. The van der Waals surface area contributed by atoms with E-state index in [1.54, 1.807) is 4.31 Å². The van der Waals surface area contributed by atoms with Crippen molar-refractivity contribution in [2.75, 3.05) is 42.9 Å². The van der Waals surface area contributed by atoms with Gasteiger partial charge in [-0.1, -0.05) is 29.8 Å². The first kappa shape index (κ1) is 19.6. The van der Waals surface area contributed by atoms with Gasteiger partial charge in [0.2, 0.25) is 10.0 Å². The minimum Gasteiger partial charge on any atom is -0.370 e. The first-order chi connectivity index (χ1) is 12.9. The summed E-state index contributed by atoms with van der Waals surface area (Å²) in [5.74, 6) is 2.40. The summed E-state index contributed by atoms with van der Waals surface area (Å²) in [5.41, 5.74) is 1.90. The highest BCUT2D eigenvalue weighted by molar-refractivity contribution is 7.88. The molecule has 0 aliphatic carbocycles. The van der Waals surface area contributed by atoms with Crippen molar-refractivity contribution in [1.82, 2.24) is 14.3 Å². The quantitative estimate of drug-likeness (QED) is 0.816. The number of hydrogen-bond donors (Lipinski definition) is 1. The Morgan fingerprint density at radius 1 is 1.07 bits per heavy atom. The van der Waals surface area contributed by atoms with E-state index in [-0.39, 0.29) is 5.75 Å². The molecule has 27 heavy (non-hydrogen) atoms. The summed E-state index contributed by atoms with van der Waals surface area (Å²) in [7, 11) is -3.32. The van der Waals surface area contributed by atoms with E-state index in [0.29, 0.717) is 32.0 Å². The summed E-state index contributed by atoms with van der Waals surface area (Å²) in [6.07, 6.45) is 0. The smallest absolute Gasteiger partial charge is 0.218 e. The third-order valence-electron chi connectivity index (χ3n) is 4.57. The highest BCUT2D eigenvalue weighted by atomic mass is 32.2. The molecule has 146 valence electrons. The molecule has 0 bridgehead atoms. The minimum atomic E-state index is -3.32. The second-order valence-electron chi connectivity index (χ2n) is 6.82. The van der Waals surface area contributed by atoms with Crippen molar-refractivity contribution in [3.63, 3.8) is 0 Å². The average Bonchev–Trinajstić information content (AvgIpc) is 2.61. The predicted molar refractivity (Wildman–Crippen MR) is 109 cm³/mol. The van der Waals surface area contributed by atoms with E-state index >= 15 is 0 Å². The van der Waals surface area contributed by atoms with Gasteiger partial charge in [0.05, 0.1) is 5.75 Å². The summed E-state index contributed by atoms with van der Waals surface area (Å²) in [6.45, 7) is 8.83. The fourth-order valence-electron chi connectivity index (χ4n) is 3.28. The van der Waals surface area contributed by atoms with Crippen molar-refractivity contribution >= 4 is 21.7 Å². The lowest BCUT2D eigenvalue weighted by Crippen LogP contribution is -2.49. The van der Waals surface area contributed by atoms with Crippen LogP contribution in [-0.4, -0.2) is 55.4 Å². The molecule has 1 aliphatic heterocycles. The van der Waals surface area contributed by atoms with Gasteiger partial charge in [0, 0.05) is 38.8 Å². The van der Waals surface area contributed by atoms with Gasteiger partial charge >= 0.3 is 0 Å². The molecule has 0 unspecified atom stereocenters. The lowest BCUT2D eigenvalue weighted by molar-refractivity contribution is 0.383. The van der Waals surface area contributed by atoms with E-state index in [1.165, 1.54) is 0 Å². The van der Waals surface area contributed by atoms with Crippen molar-refractivity contribution < 1.29 is 8.42 Å². The Hall–Kier alpha value is -2.19. The molecule has 2 aromatic rings. The Morgan fingerprint density at radius 2 is 1.81 bits per heavy atom. The topological polar surface area (TPSA) is 78.4 Å². The molecule has 1 fully saturated rings. The molecule has 2 heterocycles. The number of hydrogen-bond acceptors (Lipinski definition) is 6. The molecule has 3 rings (SSSR count). The monoisotopic (exact) mass is 389 g/mol. The Balaban J connectivity index is 1.66. The van der Waals surface area contributed by atoms with Crippen LogP contribution in [0.1, 0.15) is 23.9 Å². The van der Waals surface area contributed by atoms with Gasteiger partial charge in [-0.05, 0) is 26.3 Å². The van der Waals surface area contributed by atoms with Crippen LogP contribution in [0.25, 0.3) is 0 Å². The van der Waals surface area contributed by atoms with E-state index in [9.17, 15) is 8.42 Å². The van der Waals surface area contributed by atoms with Crippen LogP contribution in [0.2, 0.25) is 0 Å². The zero-order valence-electron chi connectivity index (χ0n) is 16.1. The summed E-state index contributed by atoms with van der Waals surface area (Å²) in [6, 6.07) is 9.59. The molecule has 0 atom stereocenters. The summed E-state index contributed by atoms with van der Waals surface area (Å²) >= 11 is 0. The Bertz CT molecular complexity index is 893. The number of aryl methyl sites for hydroxylation is 2. The van der Waals surface area contributed by atoms with Gasteiger partial charge in [-0.15, -0.1) is 0 Å². The van der Waals surface area contributed by atoms with Gasteiger partial charge in [-0.25, -0.2) is 18.4 Å². The van der Waals surface area contributed by atoms with Gasteiger partial charge in [0.15, 0.2) is 0 Å². The highest BCUT2D eigenvalue weighted by Gasteiger charge is 2.28. The van der Waals surface area contributed by atoms with E-state index in [4.69, 9.17) is 0 Å². The molecule has 7 nitrogen and oxygen atoms in total. The van der Waals surface area contributed by atoms with Crippen LogP contribution >= 0.6 is 0 Å². The molecule has 1 N–H and O–H groups in total. The minimum absolute atomic E-state index is 0.0475. The van der Waals surface area contributed by atoms with Gasteiger partial charge in [-0.2, -0.15) is 4.31 Å². The zero-order chi connectivity index (χ0) is 19.4. The zero-order valence-corrected chi connectivity index (χ0v) is 17.0. The molecule has 1 saturated heterocycles. The molecule has 1 aromatic carbocycles. The summed E-state index contributed by atoms with van der Waals surface area (Å²) < 4.78 is 27.1. The molecule has 1 aromatic heterocycles. The van der Waals surface area contributed by atoms with Crippen molar-refractivity contribution in [2.24, 2.45) is 0 Å². The van der Waals surface area contributed by atoms with Crippen LogP contribution in [0, 0.1) is 13.8 Å². The second-order valence-corrected chi connectivity index (χ2v) is 8.79. The van der Waals surface area contributed by atoms with Crippen LogP contribution in [0.15, 0.2) is 30.3 Å². The normalized spacial score (nSPS) is 15.7. The fraction of sp³-hybridized carbons (Fsp3) is 0.474. The molecular formula is C19H27N5O2S. The van der Waals surface area contributed by atoms with Crippen LogP contribution in [-0.2, 0) is 15.8 Å². The third-order valence-corrected chi connectivity index (χ3v) is 6.42. The van der Waals surface area contributed by atoms with E-state index in [1.807, 2.05) is 51.1 Å². The van der Waals surface area contributed by atoms with Crippen molar-refractivity contribution in [3.8, 4) is 0 Å². The molecular weight excluding hydrogens is 362 g/mol. The van der Waals surface area contributed by atoms with Crippen molar-refractivity contribution in [2.45, 2.75) is 26.5 Å². The van der Waals surface area contributed by atoms with Crippen LogP contribution < -0.4 is 10.2 Å². The number of nitrogens with one attached hydrogen (secondary N) is 1. The maximum Gasteiger partial charge on any atom is 0.218 e. The predicted octanol–water partition coefficient (Wildman–Crippen LogP) is 2.18. The Labute approximate surface area is 161 Å². The van der Waals surface area contributed by atoms with E-state index < -0.39 is 10.0 Å². The SMILES string of the molecule is CCNc1cc(N2CCN(S(=O)(=O)Cc3cccc(C)c3)CC2)nc(C)n1. The largest absolute Gasteiger partial charge is 0.370 e. The Kier molecular flexibility index (Phi) is 5.96. The summed E-state index contributed by atoms with van der Waals surface area (Å²) in [5, 5.41) is 3.21. The Morgan fingerprint density at radius 3 is 2.48 bits per heavy atom. The number of nitrogens with zero attached hydrogens (tertiary/aromatic N) is 4. The lowest BCUT2D eigenvalue weighted by Gasteiger charge is -2.34. The first-order valence-corrected chi connectivity index (χ1v) is 10.9. The third kappa shape index (κ3) is 4.95.